The van der Waals surface area contributed by atoms with E-state index in [1.54, 1.807) is 11.0 Å². The van der Waals surface area contributed by atoms with E-state index < -0.39 is 11.4 Å². The Morgan fingerprint density at radius 3 is 2.68 bits per heavy atom. The second kappa shape index (κ2) is 6.89. The first-order valence-electron chi connectivity index (χ1n) is 7.66. The summed E-state index contributed by atoms with van der Waals surface area (Å²) in [5, 5.41) is 19.1. The van der Waals surface area contributed by atoms with Gasteiger partial charge >= 0.3 is 0 Å². The Labute approximate surface area is 130 Å². The average molecular weight is 304 g/mol. The number of benzene rings is 1. The van der Waals surface area contributed by atoms with E-state index in [2.05, 4.69) is 0 Å². The predicted molar refractivity (Wildman–Crippen MR) is 80.2 cm³/mol. The third-order valence-corrected chi connectivity index (χ3v) is 4.29. The number of rotatable bonds is 5. The van der Waals surface area contributed by atoms with E-state index in [4.69, 9.17) is 5.26 Å². The summed E-state index contributed by atoms with van der Waals surface area (Å²) in [5.74, 6) is -0.638. The van der Waals surface area contributed by atoms with Gasteiger partial charge in [0.1, 0.15) is 5.82 Å². The van der Waals surface area contributed by atoms with Crippen LogP contribution in [0, 0.1) is 17.1 Å². The molecule has 1 amide bonds. The van der Waals surface area contributed by atoms with Crippen molar-refractivity contribution in [3.63, 3.8) is 0 Å². The maximum Gasteiger partial charge on any atom is 0.225 e. The molecule has 1 aromatic rings. The van der Waals surface area contributed by atoms with E-state index in [-0.39, 0.29) is 24.4 Å². The first-order chi connectivity index (χ1) is 10.5. The Morgan fingerprint density at radius 1 is 1.45 bits per heavy atom. The van der Waals surface area contributed by atoms with E-state index in [9.17, 15) is 14.3 Å². The summed E-state index contributed by atoms with van der Waals surface area (Å²) < 4.78 is 13.9. The van der Waals surface area contributed by atoms with Crippen molar-refractivity contribution in [2.24, 2.45) is 0 Å². The predicted octanol–water partition coefficient (Wildman–Crippen LogP) is 2.74. The van der Waals surface area contributed by atoms with Crippen LogP contribution < -0.4 is 0 Å². The number of hydrogen-bond acceptors (Lipinski definition) is 3. The molecule has 1 aliphatic carbocycles. The van der Waals surface area contributed by atoms with E-state index in [1.807, 2.05) is 13.0 Å². The van der Waals surface area contributed by atoms with Gasteiger partial charge in [0.25, 0.3) is 0 Å². The molecule has 0 heterocycles. The van der Waals surface area contributed by atoms with Crippen molar-refractivity contribution in [2.75, 3.05) is 6.54 Å². The van der Waals surface area contributed by atoms with Crippen molar-refractivity contribution in [3.05, 3.63) is 35.1 Å². The first kappa shape index (κ1) is 16.4. The van der Waals surface area contributed by atoms with Crippen LogP contribution in [0.3, 0.4) is 0 Å². The second-order valence-corrected chi connectivity index (χ2v) is 5.93. The fourth-order valence-corrected chi connectivity index (χ4v) is 2.93. The Bertz CT molecular complexity index is 589. The Hall–Kier alpha value is -1.93. The van der Waals surface area contributed by atoms with Crippen LogP contribution in [0.25, 0.3) is 0 Å². The Kier molecular flexibility index (Phi) is 5.15. The molecule has 0 saturated heterocycles. The third-order valence-electron chi connectivity index (χ3n) is 4.29. The Morgan fingerprint density at radius 2 is 2.14 bits per heavy atom. The monoisotopic (exact) mass is 304 g/mol. The highest BCUT2D eigenvalue weighted by molar-refractivity contribution is 5.77. The summed E-state index contributed by atoms with van der Waals surface area (Å²) in [6.45, 7) is 2.44. The van der Waals surface area contributed by atoms with Crippen molar-refractivity contribution in [1.29, 1.82) is 5.26 Å². The van der Waals surface area contributed by atoms with Crippen LogP contribution in [0.5, 0.6) is 0 Å². The van der Waals surface area contributed by atoms with Crippen LogP contribution in [-0.4, -0.2) is 28.1 Å². The van der Waals surface area contributed by atoms with Gasteiger partial charge < -0.3 is 10.0 Å². The molecule has 0 bridgehead atoms. The van der Waals surface area contributed by atoms with E-state index in [1.165, 1.54) is 12.1 Å². The fraction of sp³-hybridized carbons (Fsp3) is 0.529. The molecule has 1 aromatic carbocycles. The molecule has 0 atom stereocenters. The van der Waals surface area contributed by atoms with Gasteiger partial charge in [0, 0.05) is 18.7 Å². The second-order valence-electron chi connectivity index (χ2n) is 5.93. The largest absolute Gasteiger partial charge is 0.389 e. The lowest BCUT2D eigenvalue weighted by molar-refractivity contribution is -0.136. The molecule has 0 spiro atoms. The average Bonchev–Trinajstić information content (AvgIpc) is 2.92. The number of halogens is 1. The molecule has 5 heteroatoms. The number of nitriles is 1. The van der Waals surface area contributed by atoms with Crippen LogP contribution >= 0.6 is 0 Å². The van der Waals surface area contributed by atoms with Crippen molar-refractivity contribution >= 4 is 5.91 Å². The van der Waals surface area contributed by atoms with Crippen molar-refractivity contribution in [2.45, 2.75) is 51.2 Å². The lowest BCUT2D eigenvalue weighted by Gasteiger charge is -2.27. The Balaban J connectivity index is 2.05. The van der Waals surface area contributed by atoms with Gasteiger partial charge in [-0.05, 0) is 31.9 Å². The zero-order chi connectivity index (χ0) is 16.2. The zero-order valence-corrected chi connectivity index (χ0v) is 12.8. The molecular formula is C17H21FN2O2. The molecule has 4 nitrogen and oxygen atoms in total. The zero-order valence-electron chi connectivity index (χ0n) is 12.8. The van der Waals surface area contributed by atoms with Gasteiger partial charge in [0.05, 0.1) is 23.7 Å². The van der Waals surface area contributed by atoms with Crippen molar-refractivity contribution in [1.82, 2.24) is 4.90 Å². The molecule has 0 radical (unpaired) electrons. The third kappa shape index (κ3) is 3.83. The molecule has 118 valence electrons. The molecule has 0 aromatic heterocycles. The topological polar surface area (TPSA) is 64.3 Å². The smallest absolute Gasteiger partial charge is 0.225 e. The molecule has 2 rings (SSSR count). The number of carbonyl (C=O) groups excluding carboxylic acids is 1. The number of aliphatic hydroxyl groups is 1. The standard InChI is InChI=1S/C17H21FN2O2/c1-2-20(16(21)10-17(22)7-3-4-8-17)12-14-6-5-13(11-19)9-15(14)18/h5-6,9,22H,2-4,7-8,10,12H2,1H3. The SMILES string of the molecule is CCN(Cc1ccc(C#N)cc1F)C(=O)CC1(O)CCCC1. The molecule has 0 unspecified atom stereocenters. The molecular weight excluding hydrogens is 283 g/mol. The van der Waals surface area contributed by atoms with E-state index in [0.29, 0.717) is 24.9 Å². The number of hydrogen-bond donors (Lipinski definition) is 1. The van der Waals surface area contributed by atoms with E-state index in [0.717, 1.165) is 12.8 Å². The van der Waals surface area contributed by atoms with Gasteiger partial charge in [0.2, 0.25) is 5.91 Å². The number of amides is 1. The summed E-state index contributed by atoms with van der Waals surface area (Å²) in [4.78, 5) is 13.9. The summed E-state index contributed by atoms with van der Waals surface area (Å²) in [5.41, 5.74) is -0.253. The van der Waals surface area contributed by atoms with Crippen LogP contribution in [-0.2, 0) is 11.3 Å². The molecule has 1 saturated carbocycles. The minimum absolute atomic E-state index is 0.0960. The van der Waals surface area contributed by atoms with Crippen molar-refractivity contribution in [3.8, 4) is 6.07 Å². The maximum atomic E-state index is 13.9. The summed E-state index contributed by atoms with van der Waals surface area (Å²) in [6, 6.07) is 6.14. The van der Waals surface area contributed by atoms with Crippen molar-refractivity contribution < 1.29 is 14.3 Å². The van der Waals surface area contributed by atoms with Crippen LogP contribution in [0.15, 0.2) is 18.2 Å². The van der Waals surface area contributed by atoms with Gasteiger partial charge in [-0.3, -0.25) is 4.79 Å². The van der Waals surface area contributed by atoms with Gasteiger partial charge in [0.15, 0.2) is 0 Å². The quantitative estimate of drug-likeness (QED) is 0.909. The number of nitrogens with zero attached hydrogens (tertiary/aromatic N) is 2. The van der Waals surface area contributed by atoms with Gasteiger partial charge in [-0.2, -0.15) is 5.26 Å². The highest BCUT2D eigenvalue weighted by Gasteiger charge is 2.34. The summed E-state index contributed by atoms with van der Waals surface area (Å²) in [6.07, 6.45) is 3.29. The molecule has 1 fully saturated rings. The van der Waals surface area contributed by atoms with Crippen LogP contribution in [0.2, 0.25) is 0 Å². The maximum absolute atomic E-state index is 13.9. The van der Waals surface area contributed by atoms with Crippen LogP contribution in [0.4, 0.5) is 4.39 Å². The first-order valence-corrected chi connectivity index (χ1v) is 7.66. The van der Waals surface area contributed by atoms with Gasteiger partial charge in [-0.1, -0.05) is 18.9 Å². The molecule has 1 aliphatic rings. The number of carbonyl (C=O) groups is 1. The highest BCUT2D eigenvalue weighted by Crippen LogP contribution is 2.33. The minimum Gasteiger partial charge on any atom is -0.389 e. The summed E-state index contributed by atoms with van der Waals surface area (Å²) in [7, 11) is 0. The minimum atomic E-state index is -0.895. The molecule has 1 N–H and O–H groups in total. The van der Waals surface area contributed by atoms with Gasteiger partial charge in [-0.25, -0.2) is 4.39 Å². The molecule has 0 aliphatic heterocycles. The summed E-state index contributed by atoms with van der Waals surface area (Å²) >= 11 is 0. The highest BCUT2D eigenvalue weighted by atomic mass is 19.1. The van der Waals surface area contributed by atoms with Gasteiger partial charge in [-0.15, -0.1) is 0 Å². The van der Waals surface area contributed by atoms with E-state index >= 15 is 0 Å². The normalized spacial score (nSPS) is 16.3. The lowest BCUT2D eigenvalue weighted by Crippen LogP contribution is -2.37. The molecule has 22 heavy (non-hydrogen) atoms. The fourth-order valence-electron chi connectivity index (χ4n) is 2.93. The van der Waals surface area contributed by atoms with Crippen LogP contribution in [0.1, 0.15) is 50.2 Å². The lowest BCUT2D eigenvalue weighted by atomic mass is 9.97.